The maximum Gasteiger partial charge on any atom is 0.152 e. The maximum atomic E-state index is 5.86. The molecule has 0 amide bonds. The SMILES string of the molecule is C=CCc1ccc(-c2ccc3nc(/C=C/CCCC(C)OCCCCC)ncc3c2)cc1. The summed E-state index contributed by atoms with van der Waals surface area (Å²) in [6.45, 7) is 9.08. The molecule has 3 nitrogen and oxygen atoms in total. The minimum absolute atomic E-state index is 0.338. The summed E-state index contributed by atoms with van der Waals surface area (Å²) in [5.74, 6) is 0.767. The number of nitrogens with zero attached hydrogens (tertiary/aromatic N) is 2. The zero-order valence-electron chi connectivity index (χ0n) is 19.6. The second kappa shape index (κ2) is 12.9. The summed E-state index contributed by atoms with van der Waals surface area (Å²) in [4.78, 5) is 9.24. The third-order valence-corrected chi connectivity index (χ3v) is 5.66. The van der Waals surface area contributed by atoms with Crippen molar-refractivity contribution in [2.24, 2.45) is 0 Å². The van der Waals surface area contributed by atoms with Gasteiger partial charge < -0.3 is 4.74 Å². The average Bonchev–Trinajstić information content (AvgIpc) is 2.82. The van der Waals surface area contributed by atoms with Gasteiger partial charge in [-0.1, -0.05) is 62.2 Å². The van der Waals surface area contributed by atoms with E-state index in [2.05, 4.69) is 74.0 Å². The van der Waals surface area contributed by atoms with E-state index >= 15 is 0 Å². The van der Waals surface area contributed by atoms with Crippen molar-refractivity contribution in [2.45, 2.75) is 64.9 Å². The number of allylic oxidation sites excluding steroid dienone is 2. The van der Waals surface area contributed by atoms with Gasteiger partial charge in [-0.15, -0.1) is 6.58 Å². The van der Waals surface area contributed by atoms with Crippen molar-refractivity contribution in [1.82, 2.24) is 9.97 Å². The van der Waals surface area contributed by atoms with Crippen LogP contribution in [0.1, 0.15) is 63.8 Å². The van der Waals surface area contributed by atoms with Crippen LogP contribution in [0.15, 0.2) is 67.4 Å². The monoisotopic (exact) mass is 428 g/mol. The lowest BCUT2D eigenvalue weighted by Gasteiger charge is -2.11. The number of hydrogen-bond acceptors (Lipinski definition) is 3. The van der Waals surface area contributed by atoms with Gasteiger partial charge in [-0.05, 0) is 73.9 Å². The van der Waals surface area contributed by atoms with E-state index < -0.39 is 0 Å². The van der Waals surface area contributed by atoms with E-state index in [1.54, 1.807) is 0 Å². The van der Waals surface area contributed by atoms with Gasteiger partial charge in [-0.25, -0.2) is 9.97 Å². The minimum atomic E-state index is 0.338. The molecule has 1 unspecified atom stereocenters. The Kier molecular flexibility index (Phi) is 9.64. The molecule has 0 radical (unpaired) electrons. The van der Waals surface area contributed by atoms with Crippen LogP contribution >= 0.6 is 0 Å². The minimum Gasteiger partial charge on any atom is -0.379 e. The molecule has 168 valence electrons. The molecule has 0 bridgehead atoms. The summed E-state index contributed by atoms with van der Waals surface area (Å²) in [5, 5.41) is 1.06. The Morgan fingerprint density at radius 2 is 1.84 bits per heavy atom. The van der Waals surface area contributed by atoms with Crippen LogP contribution in [-0.2, 0) is 11.2 Å². The molecule has 2 aromatic carbocycles. The molecule has 1 atom stereocenters. The fourth-order valence-electron chi connectivity index (χ4n) is 3.74. The molecule has 0 aliphatic heterocycles. The quantitative estimate of drug-likeness (QED) is 0.206. The van der Waals surface area contributed by atoms with Crippen LogP contribution in [0.3, 0.4) is 0 Å². The molecule has 0 spiro atoms. The van der Waals surface area contributed by atoms with Gasteiger partial charge >= 0.3 is 0 Å². The van der Waals surface area contributed by atoms with Gasteiger partial charge in [0.05, 0.1) is 11.6 Å². The standard InChI is InChI=1S/C29H36N2O/c1-4-6-10-20-32-23(3)12-8-7-9-13-29-30-22-27-21-26(18-19-28(27)31-29)25-16-14-24(11-5-2)15-17-25/h5,9,13-19,21-23H,2,4,6-8,10-12,20H2,1,3H3/b13-9+. The molecular weight excluding hydrogens is 392 g/mol. The van der Waals surface area contributed by atoms with Gasteiger partial charge in [0.2, 0.25) is 0 Å². The molecule has 0 aliphatic rings. The second-order valence-corrected chi connectivity index (χ2v) is 8.41. The van der Waals surface area contributed by atoms with Crippen LogP contribution in [0.5, 0.6) is 0 Å². The number of aromatic nitrogens is 2. The molecule has 0 saturated carbocycles. The number of fused-ring (bicyclic) bond motifs is 1. The van der Waals surface area contributed by atoms with Gasteiger partial charge in [0, 0.05) is 18.2 Å². The molecule has 3 heteroatoms. The molecule has 0 saturated heterocycles. The molecule has 0 aliphatic carbocycles. The van der Waals surface area contributed by atoms with Crippen molar-refractivity contribution < 1.29 is 4.74 Å². The third kappa shape index (κ3) is 7.42. The number of unbranched alkanes of at least 4 members (excludes halogenated alkanes) is 3. The number of ether oxygens (including phenoxy) is 1. The van der Waals surface area contributed by atoms with Crippen molar-refractivity contribution in [1.29, 1.82) is 0 Å². The Morgan fingerprint density at radius 3 is 2.62 bits per heavy atom. The zero-order valence-corrected chi connectivity index (χ0v) is 19.6. The molecule has 3 aromatic rings. The number of hydrogen-bond donors (Lipinski definition) is 0. The van der Waals surface area contributed by atoms with E-state index in [0.717, 1.165) is 49.0 Å². The number of rotatable bonds is 13. The largest absolute Gasteiger partial charge is 0.379 e. The second-order valence-electron chi connectivity index (χ2n) is 8.41. The predicted molar refractivity (Wildman–Crippen MR) is 137 cm³/mol. The molecule has 0 N–H and O–H groups in total. The van der Waals surface area contributed by atoms with E-state index in [1.165, 1.54) is 36.0 Å². The van der Waals surface area contributed by atoms with Crippen molar-refractivity contribution >= 4 is 17.0 Å². The topological polar surface area (TPSA) is 35.0 Å². The Bertz CT molecular complexity index is 1010. The van der Waals surface area contributed by atoms with Crippen LogP contribution in [0.4, 0.5) is 0 Å². The Balaban J connectivity index is 1.52. The van der Waals surface area contributed by atoms with E-state index in [1.807, 2.05) is 18.3 Å². The summed E-state index contributed by atoms with van der Waals surface area (Å²) in [6.07, 6.45) is 16.2. The Morgan fingerprint density at radius 1 is 1.03 bits per heavy atom. The van der Waals surface area contributed by atoms with Crippen LogP contribution in [-0.4, -0.2) is 22.7 Å². The molecule has 1 heterocycles. The van der Waals surface area contributed by atoms with Gasteiger partial charge in [-0.2, -0.15) is 0 Å². The predicted octanol–water partition coefficient (Wildman–Crippen LogP) is 7.80. The average molecular weight is 429 g/mol. The first-order chi connectivity index (χ1) is 15.7. The lowest BCUT2D eigenvalue weighted by atomic mass is 10.0. The van der Waals surface area contributed by atoms with Crippen molar-refractivity contribution in [3.05, 3.63) is 78.8 Å². The highest BCUT2D eigenvalue weighted by Gasteiger charge is 2.03. The molecule has 0 fully saturated rings. The summed E-state index contributed by atoms with van der Waals surface area (Å²) in [5.41, 5.74) is 4.63. The van der Waals surface area contributed by atoms with Crippen molar-refractivity contribution in [3.63, 3.8) is 0 Å². The molecule has 1 aromatic heterocycles. The Hall–Kier alpha value is -2.78. The highest BCUT2D eigenvalue weighted by molar-refractivity contribution is 5.84. The lowest BCUT2D eigenvalue weighted by Crippen LogP contribution is -2.08. The smallest absolute Gasteiger partial charge is 0.152 e. The first-order valence-electron chi connectivity index (χ1n) is 11.9. The first-order valence-corrected chi connectivity index (χ1v) is 11.9. The first kappa shape index (κ1) is 23.9. The normalized spacial score (nSPS) is 12.4. The Labute approximate surface area is 193 Å². The zero-order chi connectivity index (χ0) is 22.6. The summed E-state index contributed by atoms with van der Waals surface area (Å²) >= 11 is 0. The fraction of sp³-hybridized carbons (Fsp3) is 0.379. The molecule has 32 heavy (non-hydrogen) atoms. The highest BCUT2D eigenvalue weighted by Crippen LogP contribution is 2.24. The van der Waals surface area contributed by atoms with Gasteiger partial charge in [0.15, 0.2) is 5.82 Å². The lowest BCUT2D eigenvalue weighted by molar-refractivity contribution is 0.0566. The number of benzene rings is 2. The van der Waals surface area contributed by atoms with Crippen molar-refractivity contribution in [2.75, 3.05) is 6.61 Å². The highest BCUT2D eigenvalue weighted by atomic mass is 16.5. The van der Waals surface area contributed by atoms with Crippen LogP contribution in [0.25, 0.3) is 28.1 Å². The summed E-state index contributed by atoms with van der Waals surface area (Å²) in [7, 11) is 0. The van der Waals surface area contributed by atoms with Crippen LogP contribution in [0.2, 0.25) is 0 Å². The van der Waals surface area contributed by atoms with Crippen molar-refractivity contribution in [3.8, 4) is 11.1 Å². The molecule has 3 rings (SSSR count). The summed E-state index contributed by atoms with van der Waals surface area (Å²) < 4.78 is 5.86. The van der Waals surface area contributed by atoms with E-state index in [0.29, 0.717) is 6.10 Å². The van der Waals surface area contributed by atoms with Gasteiger partial charge in [0.25, 0.3) is 0 Å². The fourth-order valence-corrected chi connectivity index (χ4v) is 3.74. The summed E-state index contributed by atoms with van der Waals surface area (Å²) in [6, 6.07) is 15.0. The third-order valence-electron chi connectivity index (χ3n) is 5.66. The maximum absolute atomic E-state index is 5.86. The molecular formula is C29H36N2O. The van der Waals surface area contributed by atoms with E-state index in [4.69, 9.17) is 9.72 Å². The van der Waals surface area contributed by atoms with Gasteiger partial charge in [-0.3, -0.25) is 0 Å². The van der Waals surface area contributed by atoms with Crippen LogP contribution < -0.4 is 0 Å². The van der Waals surface area contributed by atoms with E-state index in [-0.39, 0.29) is 0 Å². The van der Waals surface area contributed by atoms with Crippen LogP contribution in [0, 0.1) is 0 Å². The van der Waals surface area contributed by atoms with Gasteiger partial charge in [0.1, 0.15) is 0 Å². The van der Waals surface area contributed by atoms with E-state index in [9.17, 15) is 0 Å².